The summed E-state index contributed by atoms with van der Waals surface area (Å²) in [6.45, 7) is 0. The second-order valence-electron chi connectivity index (χ2n) is 11.6. The van der Waals surface area contributed by atoms with Gasteiger partial charge in [0.25, 0.3) is 0 Å². The number of hydrogen-bond acceptors (Lipinski definition) is 20. The average molecular weight is 877 g/mol. The van der Waals surface area contributed by atoms with Gasteiger partial charge in [-0.25, -0.2) is 38.5 Å². The highest BCUT2D eigenvalue weighted by Crippen LogP contribution is 2.46. The van der Waals surface area contributed by atoms with Crippen molar-refractivity contribution in [3.8, 4) is 5.75 Å². The Balaban J connectivity index is 1.53. The van der Waals surface area contributed by atoms with Crippen LogP contribution in [-0.4, -0.2) is 84.7 Å². The fourth-order valence-corrected chi connectivity index (χ4v) is 8.37. The van der Waals surface area contributed by atoms with Crippen LogP contribution in [0.25, 0.3) is 21.5 Å². The van der Waals surface area contributed by atoms with Crippen LogP contribution in [0.2, 0.25) is 5.28 Å². The van der Waals surface area contributed by atoms with Crippen molar-refractivity contribution in [1.82, 2.24) is 15.0 Å². The molecule has 6 aromatic rings. The Morgan fingerprint density at radius 1 is 0.719 bits per heavy atom. The molecule has 0 spiro atoms. The lowest BCUT2D eigenvalue weighted by Crippen LogP contribution is -2.09. The predicted molar refractivity (Wildman–Crippen MR) is 196 cm³/mol. The summed E-state index contributed by atoms with van der Waals surface area (Å²) >= 11 is 6.05. The number of anilines is 4. The zero-order chi connectivity index (χ0) is 41.8. The van der Waals surface area contributed by atoms with Crippen LogP contribution in [-0.2, 0) is 40.2 Å². The number of nitrogens with one attached hydrogen (secondary N) is 2. The van der Waals surface area contributed by atoms with Crippen LogP contribution in [0.15, 0.2) is 103 Å². The number of nitrogens with zero attached hydrogens (tertiary/aromatic N) is 5. The molecule has 57 heavy (non-hydrogen) atoms. The molecule has 0 fully saturated rings. The van der Waals surface area contributed by atoms with Crippen molar-refractivity contribution in [2.75, 3.05) is 16.9 Å². The molecule has 6 rings (SSSR count). The predicted octanol–water partition coefficient (Wildman–Crippen LogP) is 4.25. The number of aromatic carboxylic acids is 1. The van der Waals surface area contributed by atoms with E-state index in [4.69, 9.17) is 11.6 Å². The minimum absolute atomic E-state index is 0.213. The molecule has 0 aliphatic rings. The van der Waals surface area contributed by atoms with Gasteiger partial charge in [-0.15, -0.1) is 10.2 Å². The highest BCUT2D eigenvalue weighted by atomic mass is 35.5. The van der Waals surface area contributed by atoms with E-state index in [2.05, 4.69) is 35.8 Å². The number of sulfone groups is 1. The van der Waals surface area contributed by atoms with E-state index in [1.165, 1.54) is 18.2 Å². The van der Waals surface area contributed by atoms with E-state index in [9.17, 15) is 62.3 Å². The summed E-state index contributed by atoms with van der Waals surface area (Å²) in [5.41, 5.74) is -2.99. The molecule has 0 aliphatic heterocycles. The minimum Gasteiger partial charge on any atom is -0.744 e. The largest absolute Gasteiger partial charge is 0.744 e. The standard InChI is InChI=1S/C31H22ClN7O14S4/c1-54(43,44)27-18-5-3-2-4-14(18)6-8-21(27)38-39-25-23(57(51,52)53)11-15-10-17(56(48,49)50)13-22(24(15)26(25)40)34-31-36-29(32)35-30(37-31)33-20-9-7-16(55(45,46)47)12-19(20)28(41)42/h2-13,40H,1H3,(H,41,42)(H,45,46,47)(H,48,49,50)(H,51,52,53)(H2,33,34,35,36,37)/p-3. The van der Waals surface area contributed by atoms with Crippen molar-refractivity contribution in [3.05, 3.63) is 83.6 Å². The lowest BCUT2D eigenvalue weighted by Gasteiger charge is -2.18. The van der Waals surface area contributed by atoms with E-state index in [-0.39, 0.29) is 21.7 Å². The third-order valence-corrected chi connectivity index (χ3v) is 11.6. The first-order valence-corrected chi connectivity index (χ1v) is 21.6. The number of hydrogen-bond donors (Lipinski definition) is 4. The normalized spacial score (nSPS) is 12.6. The summed E-state index contributed by atoms with van der Waals surface area (Å²) in [7, 11) is -20.1. The topological polar surface area (TPSA) is 351 Å². The van der Waals surface area contributed by atoms with Crippen LogP contribution in [0.4, 0.5) is 34.6 Å². The van der Waals surface area contributed by atoms with Gasteiger partial charge in [-0.1, -0.05) is 30.3 Å². The zero-order valence-corrected chi connectivity index (χ0v) is 32.0. The second-order valence-corrected chi connectivity index (χ2v) is 18.0. The molecule has 0 amide bonds. The smallest absolute Gasteiger partial charge is 0.337 e. The number of carbonyl (C=O) groups is 1. The first-order chi connectivity index (χ1) is 26.4. The number of phenols is 1. The summed E-state index contributed by atoms with van der Waals surface area (Å²) in [5, 5.41) is 32.7. The number of phenolic OH excluding ortho intramolecular Hbond substituents is 1. The van der Waals surface area contributed by atoms with Gasteiger partial charge in [0.05, 0.1) is 31.6 Å². The molecule has 1 aromatic heterocycles. The van der Waals surface area contributed by atoms with Crippen LogP contribution in [0.3, 0.4) is 0 Å². The van der Waals surface area contributed by atoms with E-state index < -0.39 is 111 Å². The van der Waals surface area contributed by atoms with Gasteiger partial charge < -0.3 is 34.5 Å². The average Bonchev–Trinajstić information content (AvgIpc) is 3.08. The van der Waals surface area contributed by atoms with Gasteiger partial charge in [0.1, 0.15) is 46.6 Å². The molecule has 0 atom stereocenters. The highest BCUT2D eigenvalue weighted by Gasteiger charge is 2.24. The number of carboxylic acid groups (broad SMARTS) is 1. The molecule has 0 saturated heterocycles. The lowest BCUT2D eigenvalue weighted by atomic mass is 10.1. The number of benzene rings is 5. The molecular weight excluding hydrogens is 858 g/mol. The molecule has 0 bridgehead atoms. The Bertz CT molecular complexity index is 3200. The Kier molecular flexibility index (Phi) is 10.4. The van der Waals surface area contributed by atoms with Gasteiger partial charge in [-0.3, -0.25) is 0 Å². The van der Waals surface area contributed by atoms with E-state index >= 15 is 0 Å². The van der Waals surface area contributed by atoms with Gasteiger partial charge in [-0.2, -0.15) is 15.0 Å². The molecule has 4 N–H and O–H groups in total. The van der Waals surface area contributed by atoms with Crippen LogP contribution < -0.4 is 10.6 Å². The first-order valence-electron chi connectivity index (χ1n) is 15.1. The summed E-state index contributed by atoms with van der Waals surface area (Å²) in [5.74, 6) is -3.97. The molecule has 0 aliphatic carbocycles. The number of carboxylic acids is 1. The van der Waals surface area contributed by atoms with Crippen molar-refractivity contribution in [3.63, 3.8) is 0 Å². The van der Waals surface area contributed by atoms with Crippen molar-refractivity contribution >= 4 is 114 Å². The van der Waals surface area contributed by atoms with Crippen LogP contribution in [0.1, 0.15) is 10.4 Å². The number of aromatic hydroxyl groups is 1. The SMILES string of the molecule is CS(=O)(=O)c1c(N=Nc2c(S(=O)(=O)[O-])cc3cc(S(=O)(=O)[O-])cc(Nc4nc(Cl)nc(Nc5ccc(S(=O)(=O)[O-])cc5C(=O)O)n4)c3c2O)ccc2ccccc12. The fourth-order valence-electron chi connectivity index (χ4n) is 5.46. The molecule has 0 radical (unpaired) electrons. The number of halogens is 1. The molecule has 26 heteroatoms. The monoisotopic (exact) mass is 876 g/mol. The van der Waals surface area contributed by atoms with Crippen molar-refractivity contribution in [1.29, 1.82) is 0 Å². The highest BCUT2D eigenvalue weighted by molar-refractivity contribution is 7.91. The Morgan fingerprint density at radius 2 is 1.35 bits per heavy atom. The maximum atomic E-state index is 12.9. The molecule has 1 heterocycles. The van der Waals surface area contributed by atoms with E-state index in [0.29, 0.717) is 29.7 Å². The summed E-state index contributed by atoms with van der Waals surface area (Å²) in [6.07, 6.45) is 0.880. The minimum atomic E-state index is -5.59. The molecule has 0 unspecified atom stereocenters. The summed E-state index contributed by atoms with van der Waals surface area (Å²) < 4.78 is 134. The molecule has 21 nitrogen and oxygen atoms in total. The quantitative estimate of drug-likeness (QED) is 0.104. The molecule has 5 aromatic carbocycles. The number of fused-ring (bicyclic) bond motifs is 2. The Morgan fingerprint density at radius 3 is 1.95 bits per heavy atom. The first kappa shape index (κ1) is 40.7. The van der Waals surface area contributed by atoms with E-state index in [1.807, 2.05) is 0 Å². The Labute approximate surface area is 325 Å². The number of rotatable bonds is 11. The molecular formula is C31H19ClN7O14S4-3. The maximum absolute atomic E-state index is 12.9. The Hall–Kier alpha value is -5.93. The summed E-state index contributed by atoms with van der Waals surface area (Å²) in [4.78, 5) is 20.0. The van der Waals surface area contributed by atoms with E-state index in [0.717, 1.165) is 18.4 Å². The maximum Gasteiger partial charge on any atom is 0.337 e. The van der Waals surface area contributed by atoms with Crippen LogP contribution in [0.5, 0.6) is 5.75 Å². The van der Waals surface area contributed by atoms with Crippen LogP contribution in [0, 0.1) is 0 Å². The third kappa shape index (κ3) is 8.59. The van der Waals surface area contributed by atoms with Gasteiger partial charge in [-0.05, 0) is 64.8 Å². The number of azo groups is 1. The van der Waals surface area contributed by atoms with Gasteiger partial charge in [0, 0.05) is 17.0 Å². The zero-order valence-electron chi connectivity index (χ0n) is 28.0. The second kappa shape index (κ2) is 14.5. The van der Waals surface area contributed by atoms with Gasteiger partial charge in [0.15, 0.2) is 15.6 Å². The summed E-state index contributed by atoms with van der Waals surface area (Å²) in [6, 6.07) is 13.1. The van der Waals surface area contributed by atoms with E-state index in [1.54, 1.807) is 18.2 Å². The van der Waals surface area contributed by atoms with Crippen LogP contribution >= 0.6 is 11.6 Å². The lowest BCUT2D eigenvalue weighted by molar-refractivity contribution is 0.0697. The fraction of sp³-hybridized carbons (Fsp3) is 0.0323. The number of aromatic nitrogens is 3. The third-order valence-electron chi connectivity index (χ3n) is 7.78. The van der Waals surface area contributed by atoms with Crippen molar-refractivity contribution in [2.24, 2.45) is 10.2 Å². The van der Waals surface area contributed by atoms with Gasteiger partial charge >= 0.3 is 5.97 Å². The van der Waals surface area contributed by atoms with Crippen molar-refractivity contribution in [2.45, 2.75) is 19.6 Å². The van der Waals surface area contributed by atoms with Gasteiger partial charge in [0.2, 0.25) is 17.2 Å². The van der Waals surface area contributed by atoms with Crippen molar-refractivity contribution < 1.29 is 62.3 Å². The molecule has 296 valence electrons. The molecule has 0 saturated carbocycles.